The lowest BCUT2D eigenvalue weighted by atomic mass is 10.1. The first-order chi connectivity index (χ1) is 7.24. The van der Waals surface area contributed by atoms with Gasteiger partial charge in [-0.15, -0.1) is 0 Å². The van der Waals surface area contributed by atoms with Crippen LogP contribution in [0.15, 0.2) is 24.3 Å². The molecule has 1 fully saturated rings. The van der Waals surface area contributed by atoms with Gasteiger partial charge in [0.05, 0.1) is 0 Å². The van der Waals surface area contributed by atoms with Crippen molar-refractivity contribution >= 4 is 0 Å². The second-order valence-electron chi connectivity index (χ2n) is 4.61. The van der Waals surface area contributed by atoms with Crippen molar-refractivity contribution in [3.8, 4) is 0 Å². The van der Waals surface area contributed by atoms with Gasteiger partial charge in [0.15, 0.2) is 0 Å². The highest BCUT2D eigenvalue weighted by atomic mass is 15.2. The fourth-order valence-electron chi connectivity index (χ4n) is 2.07. The number of aryl methyl sites for hydroxylation is 1. The molecule has 2 heteroatoms. The summed E-state index contributed by atoms with van der Waals surface area (Å²) in [5, 5.41) is 3.61. The van der Waals surface area contributed by atoms with E-state index in [0.717, 1.165) is 6.54 Å². The minimum Gasteiger partial charge on any atom is -0.309 e. The van der Waals surface area contributed by atoms with Gasteiger partial charge in [-0.05, 0) is 32.5 Å². The summed E-state index contributed by atoms with van der Waals surface area (Å²) in [7, 11) is 2.19. The van der Waals surface area contributed by atoms with Gasteiger partial charge in [0.2, 0.25) is 0 Å². The Kier molecular flexibility index (Phi) is 3.39. The summed E-state index contributed by atoms with van der Waals surface area (Å²) in [4.78, 5) is 2.38. The highest BCUT2D eigenvalue weighted by Gasteiger charge is 2.18. The number of nitrogens with zero attached hydrogens (tertiary/aromatic N) is 1. The number of benzene rings is 1. The van der Waals surface area contributed by atoms with Crippen molar-refractivity contribution in [3.05, 3.63) is 35.4 Å². The third-order valence-corrected chi connectivity index (χ3v) is 3.11. The number of hydrogen-bond donors (Lipinski definition) is 1. The molecule has 1 N–H and O–H groups in total. The average molecular weight is 204 g/mol. The minimum absolute atomic E-state index is 0.677. The molecule has 0 bridgehead atoms. The summed E-state index contributed by atoms with van der Waals surface area (Å²) in [6.07, 6.45) is 1.28. The van der Waals surface area contributed by atoms with E-state index in [1.165, 1.54) is 30.6 Å². The second kappa shape index (κ2) is 4.77. The highest BCUT2D eigenvalue weighted by Crippen LogP contribution is 2.08. The van der Waals surface area contributed by atoms with Crippen LogP contribution in [0.3, 0.4) is 0 Å². The van der Waals surface area contributed by atoms with E-state index in [9.17, 15) is 0 Å². The van der Waals surface area contributed by atoms with Crippen LogP contribution < -0.4 is 5.32 Å². The Morgan fingerprint density at radius 2 is 2.07 bits per heavy atom. The monoisotopic (exact) mass is 204 g/mol. The van der Waals surface area contributed by atoms with E-state index in [2.05, 4.69) is 48.5 Å². The van der Waals surface area contributed by atoms with Crippen molar-refractivity contribution in [2.75, 3.05) is 20.1 Å². The summed E-state index contributed by atoms with van der Waals surface area (Å²) in [6, 6.07) is 9.45. The zero-order valence-electron chi connectivity index (χ0n) is 9.66. The molecule has 1 atom stereocenters. The van der Waals surface area contributed by atoms with Gasteiger partial charge in [0.1, 0.15) is 0 Å². The summed E-state index contributed by atoms with van der Waals surface area (Å²) >= 11 is 0. The first kappa shape index (κ1) is 10.7. The number of rotatable bonds is 3. The van der Waals surface area contributed by atoms with E-state index in [4.69, 9.17) is 0 Å². The number of hydrogen-bond acceptors (Lipinski definition) is 2. The maximum atomic E-state index is 3.61. The van der Waals surface area contributed by atoms with Crippen LogP contribution in [0, 0.1) is 6.92 Å². The molecule has 0 amide bonds. The molecule has 2 rings (SSSR count). The molecule has 1 saturated heterocycles. The van der Waals surface area contributed by atoms with Gasteiger partial charge in [0, 0.05) is 19.1 Å². The first-order valence-electron chi connectivity index (χ1n) is 5.71. The van der Waals surface area contributed by atoms with Crippen LogP contribution >= 0.6 is 0 Å². The Bertz CT molecular complexity index is 305. The molecule has 1 aliphatic heterocycles. The van der Waals surface area contributed by atoms with E-state index in [1.807, 2.05) is 0 Å². The summed E-state index contributed by atoms with van der Waals surface area (Å²) in [5.74, 6) is 0. The molecule has 0 aromatic heterocycles. The maximum absolute atomic E-state index is 3.61. The van der Waals surface area contributed by atoms with Crippen molar-refractivity contribution in [1.29, 1.82) is 0 Å². The molecule has 0 unspecified atom stereocenters. The SMILES string of the molecule is Cc1ccc(CN[C@H]2CCN(C)C2)cc1. The number of likely N-dealkylation sites (tertiary alicyclic amines) is 1. The lowest BCUT2D eigenvalue weighted by Gasteiger charge is -2.12. The topological polar surface area (TPSA) is 15.3 Å². The predicted molar refractivity (Wildman–Crippen MR) is 63.9 cm³/mol. The van der Waals surface area contributed by atoms with Crippen molar-refractivity contribution in [3.63, 3.8) is 0 Å². The Balaban J connectivity index is 1.80. The zero-order chi connectivity index (χ0) is 10.7. The fraction of sp³-hybridized carbons (Fsp3) is 0.538. The lowest BCUT2D eigenvalue weighted by Crippen LogP contribution is -2.30. The molecule has 15 heavy (non-hydrogen) atoms. The molecule has 1 aromatic carbocycles. The second-order valence-corrected chi connectivity index (χ2v) is 4.61. The van der Waals surface area contributed by atoms with Gasteiger partial charge in [-0.2, -0.15) is 0 Å². The van der Waals surface area contributed by atoms with Crippen LogP contribution in [0.2, 0.25) is 0 Å². The maximum Gasteiger partial charge on any atom is 0.0210 e. The molecular weight excluding hydrogens is 184 g/mol. The van der Waals surface area contributed by atoms with E-state index in [0.29, 0.717) is 6.04 Å². The fourth-order valence-corrected chi connectivity index (χ4v) is 2.07. The van der Waals surface area contributed by atoms with Crippen molar-refractivity contribution < 1.29 is 0 Å². The van der Waals surface area contributed by atoms with Crippen molar-refractivity contribution in [2.24, 2.45) is 0 Å². The van der Waals surface area contributed by atoms with Crippen LogP contribution in [-0.4, -0.2) is 31.1 Å². The largest absolute Gasteiger partial charge is 0.309 e. The molecular formula is C13H20N2. The Morgan fingerprint density at radius 1 is 1.33 bits per heavy atom. The Morgan fingerprint density at radius 3 is 2.67 bits per heavy atom. The van der Waals surface area contributed by atoms with Crippen LogP contribution in [0.25, 0.3) is 0 Å². The average Bonchev–Trinajstić information content (AvgIpc) is 2.64. The van der Waals surface area contributed by atoms with E-state index in [-0.39, 0.29) is 0 Å². The summed E-state index contributed by atoms with van der Waals surface area (Å²) in [5.41, 5.74) is 2.72. The van der Waals surface area contributed by atoms with Crippen LogP contribution in [0.5, 0.6) is 0 Å². The molecule has 1 aliphatic rings. The number of likely N-dealkylation sites (N-methyl/N-ethyl adjacent to an activating group) is 1. The minimum atomic E-state index is 0.677. The summed E-state index contributed by atoms with van der Waals surface area (Å²) in [6.45, 7) is 5.54. The van der Waals surface area contributed by atoms with Crippen LogP contribution in [0.1, 0.15) is 17.5 Å². The van der Waals surface area contributed by atoms with E-state index >= 15 is 0 Å². The quantitative estimate of drug-likeness (QED) is 0.807. The van der Waals surface area contributed by atoms with Gasteiger partial charge in [-0.25, -0.2) is 0 Å². The van der Waals surface area contributed by atoms with Gasteiger partial charge < -0.3 is 10.2 Å². The third kappa shape index (κ3) is 3.05. The molecule has 1 aromatic rings. The Labute approximate surface area is 92.3 Å². The zero-order valence-corrected chi connectivity index (χ0v) is 9.66. The highest BCUT2D eigenvalue weighted by molar-refractivity contribution is 5.21. The van der Waals surface area contributed by atoms with Crippen molar-refractivity contribution in [2.45, 2.75) is 25.9 Å². The number of nitrogens with one attached hydrogen (secondary N) is 1. The molecule has 2 nitrogen and oxygen atoms in total. The molecule has 1 heterocycles. The standard InChI is InChI=1S/C13H20N2/c1-11-3-5-12(6-4-11)9-14-13-7-8-15(2)10-13/h3-6,13-14H,7-10H2,1-2H3/t13-/m0/s1. The van der Waals surface area contributed by atoms with Gasteiger partial charge in [-0.1, -0.05) is 29.8 Å². The van der Waals surface area contributed by atoms with Crippen molar-refractivity contribution in [1.82, 2.24) is 10.2 Å². The molecule has 0 saturated carbocycles. The lowest BCUT2D eigenvalue weighted by molar-refractivity contribution is 0.397. The molecule has 0 aliphatic carbocycles. The van der Waals surface area contributed by atoms with E-state index < -0.39 is 0 Å². The first-order valence-corrected chi connectivity index (χ1v) is 5.71. The summed E-state index contributed by atoms with van der Waals surface area (Å²) < 4.78 is 0. The van der Waals surface area contributed by atoms with Gasteiger partial charge >= 0.3 is 0 Å². The predicted octanol–water partition coefficient (Wildman–Crippen LogP) is 1.79. The van der Waals surface area contributed by atoms with Crippen LogP contribution in [0.4, 0.5) is 0 Å². The van der Waals surface area contributed by atoms with Gasteiger partial charge in [0.25, 0.3) is 0 Å². The van der Waals surface area contributed by atoms with E-state index in [1.54, 1.807) is 0 Å². The molecule has 82 valence electrons. The van der Waals surface area contributed by atoms with Gasteiger partial charge in [-0.3, -0.25) is 0 Å². The Hall–Kier alpha value is -0.860. The molecule has 0 spiro atoms. The van der Waals surface area contributed by atoms with Crippen LogP contribution in [-0.2, 0) is 6.54 Å². The third-order valence-electron chi connectivity index (χ3n) is 3.11. The smallest absolute Gasteiger partial charge is 0.0210 e. The normalized spacial score (nSPS) is 22.1. The molecule has 0 radical (unpaired) electrons.